The maximum Gasteiger partial charge on any atom is 0.338 e. The number of benzene rings is 1. The van der Waals surface area contributed by atoms with E-state index in [2.05, 4.69) is 0 Å². The number of hydroxylamine groups is 1. The zero-order valence-corrected chi connectivity index (χ0v) is 9.49. The van der Waals surface area contributed by atoms with Gasteiger partial charge in [0, 0.05) is 0 Å². The van der Waals surface area contributed by atoms with Crippen molar-refractivity contribution in [1.82, 2.24) is 0 Å². The maximum absolute atomic E-state index is 11.5. The SMILES string of the molecule is CCOC(=O)c1ccc2c(c1)OC(O)C(=O)N2O. The molecule has 1 atom stereocenters. The Morgan fingerprint density at radius 2 is 2.28 bits per heavy atom. The standard InChI is InChI=1S/C11H11NO6/c1-2-17-10(14)6-3-4-7-8(5-6)18-11(15)9(13)12(7)16/h3-5,11,15-16H,2H2,1H3. The van der Waals surface area contributed by atoms with Gasteiger partial charge in [-0.1, -0.05) is 0 Å². The van der Waals surface area contributed by atoms with Gasteiger partial charge >= 0.3 is 11.9 Å². The van der Waals surface area contributed by atoms with E-state index in [9.17, 15) is 19.9 Å². The first-order valence-corrected chi connectivity index (χ1v) is 5.23. The van der Waals surface area contributed by atoms with Gasteiger partial charge in [-0.3, -0.25) is 10.0 Å². The topological polar surface area (TPSA) is 96.3 Å². The van der Waals surface area contributed by atoms with Crippen LogP contribution in [-0.4, -0.2) is 35.1 Å². The van der Waals surface area contributed by atoms with Gasteiger partial charge in [0.05, 0.1) is 12.2 Å². The summed E-state index contributed by atoms with van der Waals surface area (Å²) in [6.07, 6.45) is -1.79. The molecule has 2 N–H and O–H groups in total. The van der Waals surface area contributed by atoms with Crippen LogP contribution in [0.25, 0.3) is 0 Å². The lowest BCUT2D eigenvalue weighted by Crippen LogP contribution is -2.44. The lowest BCUT2D eigenvalue weighted by Gasteiger charge is -2.27. The molecule has 0 saturated carbocycles. The van der Waals surface area contributed by atoms with Crippen LogP contribution in [0.1, 0.15) is 17.3 Å². The van der Waals surface area contributed by atoms with Gasteiger partial charge in [-0.15, -0.1) is 0 Å². The number of fused-ring (bicyclic) bond motifs is 1. The van der Waals surface area contributed by atoms with E-state index in [0.717, 1.165) is 0 Å². The van der Waals surface area contributed by atoms with Gasteiger partial charge in [-0.25, -0.2) is 4.79 Å². The highest BCUT2D eigenvalue weighted by Gasteiger charge is 2.33. The molecule has 2 rings (SSSR count). The molecule has 1 amide bonds. The molecule has 0 spiro atoms. The van der Waals surface area contributed by atoms with E-state index in [4.69, 9.17) is 9.47 Å². The van der Waals surface area contributed by atoms with Crippen LogP contribution in [0.5, 0.6) is 5.75 Å². The number of carbonyl (C=O) groups is 2. The number of hydrogen-bond acceptors (Lipinski definition) is 6. The summed E-state index contributed by atoms with van der Waals surface area (Å²) in [5.41, 5.74) is 0.254. The second-order valence-electron chi connectivity index (χ2n) is 3.52. The molecule has 7 heteroatoms. The number of nitrogens with zero attached hydrogens (tertiary/aromatic N) is 1. The highest BCUT2D eigenvalue weighted by Crippen LogP contribution is 2.33. The largest absolute Gasteiger partial charge is 0.462 e. The minimum atomic E-state index is -1.79. The average molecular weight is 253 g/mol. The molecule has 0 bridgehead atoms. The Bertz CT molecular complexity index is 500. The second-order valence-corrected chi connectivity index (χ2v) is 3.52. The fraction of sp³-hybridized carbons (Fsp3) is 0.273. The molecule has 0 radical (unpaired) electrons. The third kappa shape index (κ3) is 2.01. The van der Waals surface area contributed by atoms with E-state index in [1.54, 1.807) is 6.92 Å². The van der Waals surface area contributed by atoms with Gasteiger partial charge < -0.3 is 14.6 Å². The summed E-state index contributed by atoms with van der Waals surface area (Å²) in [5, 5.41) is 19.0. The highest BCUT2D eigenvalue weighted by atomic mass is 16.6. The van der Waals surface area contributed by atoms with Crippen LogP contribution in [0, 0.1) is 0 Å². The summed E-state index contributed by atoms with van der Waals surface area (Å²) in [6, 6.07) is 3.99. The van der Waals surface area contributed by atoms with Crippen LogP contribution in [0.4, 0.5) is 5.69 Å². The summed E-state index contributed by atoms with van der Waals surface area (Å²) in [6.45, 7) is 1.90. The second kappa shape index (κ2) is 4.63. The predicted octanol–water partition coefficient (Wildman–Crippen LogP) is 0.296. The molecule has 0 aromatic heterocycles. The van der Waals surface area contributed by atoms with Crippen molar-refractivity contribution in [3.63, 3.8) is 0 Å². The normalized spacial score (nSPS) is 18.1. The molecule has 1 aliphatic rings. The number of aliphatic hydroxyl groups excluding tert-OH is 1. The Hall–Kier alpha value is -2.12. The lowest BCUT2D eigenvalue weighted by molar-refractivity contribution is -0.148. The van der Waals surface area contributed by atoms with Crippen LogP contribution in [0.15, 0.2) is 18.2 Å². The molecule has 18 heavy (non-hydrogen) atoms. The van der Waals surface area contributed by atoms with Crippen molar-refractivity contribution in [2.24, 2.45) is 0 Å². The number of aliphatic hydroxyl groups is 1. The number of ether oxygens (including phenoxy) is 2. The van der Waals surface area contributed by atoms with Crippen LogP contribution >= 0.6 is 0 Å². The van der Waals surface area contributed by atoms with E-state index < -0.39 is 18.2 Å². The smallest absolute Gasteiger partial charge is 0.338 e. The summed E-state index contributed by atoms with van der Waals surface area (Å²) >= 11 is 0. The molecular formula is C11H11NO6. The van der Waals surface area contributed by atoms with Crippen LogP contribution in [0.3, 0.4) is 0 Å². The Labute approximate surface area is 102 Å². The molecule has 96 valence electrons. The number of amides is 1. The quantitative estimate of drug-likeness (QED) is 0.581. The van der Waals surface area contributed by atoms with E-state index in [-0.39, 0.29) is 28.7 Å². The first-order valence-electron chi connectivity index (χ1n) is 5.23. The number of rotatable bonds is 2. The minimum Gasteiger partial charge on any atom is -0.462 e. The van der Waals surface area contributed by atoms with Crippen LogP contribution in [-0.2, 0) is 9.53 Å². The van der Waals surface area contributed by atoms with Crippen molar-refractivity contribution in [3.05, 3.63) is 23.8 Å². The van der Waals surface area contributed by atoms with Gasteiger partial charge in [-0.05, 0) is 25.1 Å². The molecule has 1 heterocycles. The first kappa shape index (κ1) is 12.3. The van der Waals surface area contributed by atoms with Crippen molar-refractivity contribution in [2.45, 2.75) is 13.2 Å². The van der Waals surface area contributed by atoms with Gasteiger partial charge in [0.25, 0.3) is 6.29 Å². The van der Waals surface area contributed by atoms with E-state index in [0.29, 0.717) is 0 Å². The highest BCUT2D eigenvalue weighted by molar-refractivity contribution is 5.98. The maximum atomic E-state index is 11.5. The Kier molecular flexibility index (Phi) is 3.17. The minimum absolute atomic E-state index is 0.0233. The van der Waals surface area contributed by atoms with Gasteiger partial charge in [-0.2, -0.15) is 5.06 Å². The summed E-state index contributed by atoms with van der Waals surface area (Å²) in [4.78, 5) is 22.7. The fourth-order valence-corrected chi connectivity index (χ4v) is 1.52. The Morgan fingerprint density at radius 3 is 2.94 bits per heavy atom. The number of carbonyl (C=O) groups excluding carboxylic acids is 2. The van der Waals surface area contributed by atoms with E-state index >= 15 is 0 Å². The molecule has 0 aliphatic carbocycles. The summed E-state index contributed by atoms with van der Waals surface area (Å²) in [5.74, 6) is -1.53. The monoisotopic (exact) mass is 253 g/mol. The third-order valence-electron chi connectivity index (χ3n) is 2.36. The molecule has 1 aromatic rings. The number of anilines is 1. The molecular weight excluding hydrogens is 242 g/mol. The molecule has 1 aromatic carbocycles. The molecule has 1 aliphatic heterocycles. The van der Waals surface area contributed by atoms with E-state index in [1.165, 1.54) is 18.2 Å². The van der Waals surface area contributed by atoms with Crippen LogP contribution < -0.4 is 9.80 Å². The summed E-state index contributed by atoms with van der Waals surface area (Å²) in [7, 11) is 0. The molecule has 7 nitrogen and oxygen atoms in total. The lowest BCUT2D eigenvalue weighted by atomic mass is 10.1. The van der Waals surface area contributed by atoms with Gasteiger partial charge in [0.2, 0.25) is 0 Å². The average Bonchev–Trinajstić information content (AvgIpc) is 2.36. The van der Waals surface area contributed by atoms with E-state index in [1.807, 2.05) is 0 Å². The van der Waals surface area contributed by atoms with Crippen LogP contribution in [0.2, 0.25) is 0 Å². The van der Waals surface area contributed by atoms with Crippen molar-refractivity contribution in [2.75, 3.05) is 11.7 Å². The zero-order chi connectivity index (χ0) is 13.3. The third-order valence-corrected chi connectivity index (χ3v) is 2.36. The van der Waals surface area contributed by atoms with Gasteiger partial charge in [0.1, 0.15) is 5.69 Å². The Balaban J connectivity index is 2.36. The van der Waals surface area contributed by atoms with Crippen molar-refractivity contribution in [1.29, 1.82) is 0 Å². The number of hydrogen-bond donors (Lipinski definition) is 2. The summed E-state index contributed by atoms with van der Waals surface area (Å²) < 4.78 is 9.67. The zero-order valence-electron chi connectivity index (χ0n) is 9.49. The molecule has 1 unspecified atom stereocenters. The first-order chi connectivity index (χ1) is 8.54. The van der Waals surface area contributed by atoms with Crippen molar-refractivity contribution in [3.8, 4) is 5.75 Å². The Morgan fingerprint density at radius 1 is 1.56 bits per heavy atom. The fourth-order valence-electron chi connectivity index (χ4n) is 1.52. The number of esters is 1. The molecule has 0 fully saturated rings. The molecule has 0 saturated heterocycles. The van der Waals surface area contributed by atoms with Crippen molar-refractivity contribution < 1.29 is 29.4 Å². The predicted molar refractivity (Wildman–Crippen MR) is 58.3 cm³/mol. The van der Waals surface area contributed by atoms with Crippen molar-refractivity contribution >= 4 is 17.6 Å². The van der Waals surface area contributed by atoms with Gasteiger partial charge in [0.15, 0.2) is 5.75 Å².